The number of fused-ring (bicyclic) bond motifs is 1. The van der Waals surface area contributed by atoms with E-state index in [0.29, 0.717) is 25.1 Å². The average molecular weight is 499 g/mol. The van der Waals surface area contributed by atoms with Crippen molar-refractivity contribution < 1.29 is 4.79 Å². The van der Waals surface area contributed by atoms with Crippen molar-refractivity contribution in [1.82, 2.24) is 19.5 Å². The summed E-state index contributed by atoms with van der Waals surface area (Å²) in [5, 5.41) is 14.1. The maximum absolute atomic E-state index is 12.6. The lowest BCUT2D eigenvalue weighted by atomic mass is 9.91. The molecule has 192 valence electrons. The van der Waals surface area contributed by atoms with Crippen molar-refractivity contribution in [3.63, 3.8) is 0 Å². The fourth-order valence-corrected chi connectivity index (χ4v) is 4.71. The van der Waals surface area contributed by atoms with Crippen LogP contribution in [0, 0.1) is 23.7 Å². The Labute approximate surface area is 217 Å². The lowest BCUT2D eigenvalue weighted by Crippen LogP contribution is -2.49. The summed E-state index contributed by atoms with van der Waals surface area (Å²) < 4.78 is 1.70. The Balaban J connectivity index is 1.64. The first kappa shape index (κ1) is 25.9. The highest BCUT2D eigenvalue weighted by Gasteiger charge is 2.26. The number of rotatable bonds is 5. The Kier molecular flexibility index (Phi) is 7.30. The molecule has 0 unspecified atom stereocenters. The molecule has 0 bridgehead atoms. The van der Waals surface area contributed by atoms with Crippen molar-refractivity contribution in [3.8, 4) is 17.2 Å². The number of allylic oxidation sites excluding steroid dienone is 1. The van der Waals surface area contributed by atoms with Crippen molar-refractivity contribution in [2.24, 2.45) is 16.1 Å². The molecule has 0 aliphatic carbocycles. The molecule has 0 spiro atoms. The predicted octanol–water partition coefficient (Wildman–Crippen LogP) is 3.66. The first-order valence-electron chi connectivity index (χ1n) is 12.4. The molecule has 0 aromatic carbocycles. The van der Waals surface area contributed by atoms with Gasteiger partial charge in [0.2, 0.25) is 5.91 Å². The van der Waals surface area contributed by atoms with Crippen LogP contribution >= 0.6 is 0 Å². The first-order chi connectivity index (χ1) is 17.6. The van der Waals surface area contributed by atoms with Gasteiger partial charge in [-0.1, -0.05) is 20.8 Å². The molecule has 4 heterocycles. The van der Waals surface area contributed by atoms with Gasteiger partial charge in [0.05, 0.1) is 17.3 Å². The molecular weight excluding hydrogens is 464 g/mol. The molecule has 1 saturated heterocycles. The normalized spacial score (nSPS) is 15.0. The highest BCUT2D eigenvalue weighted by Crippen LogP contribution is 2.32. The van der Waals surface area contributed by atoms with Crippen LogP contribution in [0.2, 0.25) is 0 Å². The van der Waals surface area contributed by atoms with Crippen LogP contribution in [0.1, 0.15) is 43.9 Å². The molecule has 0 saturated carbocycles. The fraction of sp³-hybridized carbons (Fsp3) is 0.393. The second-order valence-electron chi connectivity index (χ2n) is 10.6. The van der Waals surface area contributed by atoms with Gasteiger partial charge in [0.25, 0.3) is 0 Å². The van der Waals surface area contributed by atoms with E-state index in [2.05, 4.69) is 47.9 Å². The molecule has 9 heteroatoms. The quantitative estimate of drug-likeness (QED) is 0.537. The minimum atomic E-state index is -0.0180. The summed E-state index contributed by atoms with van der Waals surface area (Å²) in [5.74, 6) is 1.12. The van der Waals surface area contributed by atoms with Gasteiger partial charge in [-0.05, 0) is 30.0 Å². The molecular formula is C28H34N8O. The molecule has 3 aromatic rings. The zero-order chi connectivity index (χ0) is 26.7. The summed E-state index contributed by atoms with van der Waals surface area (Å²) in [4.78, 5) is 25.8. The Morgan fingerprint density at radius 2 is 1.95 bits per heavy atom. The van der Waals surface area contributed by atoms with Gasteiger partial charge >= 0.3 is 0 Å². The van der Waals surface area contributed by atoms with Crippen LogP contribution in [0.5, 0.6) is 0 Å². The maximum Gasteiger partial charge on any atom is 0.223 e. The molecule has 0 atom stereocenters. The smallest absolute Gasteiger partial charge is 0.223 e. The van der Waals surface area contributed by atoms with Gasteiger partial charge in [-0.15, -0.1) is 0 Å². The third-order valence-corrected chi connectivity index (χ3v) is 6.49. The Morgan fingerprint density at radius 3 is 2.54 bits per heavy atom. The Morgan fingerprint density at radius 1 is 1.22 bits per heavy atom. The minimum absolute atomic E-state index is 0.0180. The summed E-state index contributed by atoms with van der Waals surface area (Å²) >= 11 is 0. The number of nitrogens with two attached hydrogens (primary N) is 1. The van der Waals surface area contributed by atoms with Crippen LogP contribution in [0.4, 0.5) is 5.82 Å². The molecule has 37 heavy (non-hydrogen) atoms. The number of hydrogen-bond donors (Lipinski definition) is 1. The highest BCUT2D eigenvalue weighted by molar-refractivity contribution is 6.10. The number of nitrogens with zero attached hydrogens (tertiary/aromatic N) is 7. The van der Waals surface area contributed by atoms with Crippen LogP contribution in [-0.4, -0.2) is 64.8 Å². The van der Waals surface area contributed by atoms with Gasteiger partial charge in [0.1, 0.15) is 11.9 Å². The molecule has 4 rings (SSSR count). The van der Waals surface area contributed by atoms with Gasteiger partial charge in [-0.25, -0.2) is 9.50 Å². The number of pyridine rings is 2. The second-order valence-corrected chi connectivity index (χ2v) is 10.6. The van der Waals surface area contributed by atoms with E-state index in [1.807, 2.05) is 30.3 Å². The predicted molar refractivity (Wildman–Crippen MR) is 147 cm³/mol. The largest absolute Gasteiger partial charge is 0.404 e. The summed E-state index contributed by atoms with van der Waals surface area (Å²) in [6, 6.07) is 6.33. The van der Waals surface area contributed by atoms with Crippen LogP contribution in [-0.2, 0) is 4.79 Å². The molecule has 1 aliphatic rings. The fourth-order valence-electron chi connectivity index (χ4n) is 4.71. The summed E-state index contributed by atoms with van der Waals surface area (Å²) in [6.45, 7) is 11.2. The van der Waals surface area contributed by atoms with E-state index in [0.717, 1.165) is 52.3 Å². The Bertz CT molecular complexity index is 1410. The van der Waals surface area contributed by atoms with E-state index in [-0.39, 0.29) is 11.3 Å². The lowest BCUT2D eigenvalue weighted by Gasteiger charge is -2.37. The van der Waals surface area contributed by atoms with Crippen molar-refractivity contribution in [1.29, 1.82) is 5.26 Å². The van der Waals surface area contributed by atoms with Crippen molar-refractivity contribution in [3.05, 3.63) is 53.6 Å². The summed E-state index contributed by atoms with van der Waals surface area (Å²) in [6.07, 6.45) is 9.00. The third kappa shape index (κ3) is 5.48. The molecule has 1 aliphatic heterocycles. The monoisotopic (exact) mass is 498 g/mol. The molecule has 1 fully saturated rings. The number of aliphatic imine (C=N–C) groups is 1. The maximum atomic E-state index is 12.6. The van der Waals surface area contributed by atoms with Crippen LogP contribution in [0.3, 0.4) is 0 Å². The number of carbonyl (C=O) groups excluding carboxylic acids is 1. The van der Waals surface area contributed by atoms with Crippen molar-refractivity contribution >= 4 is 29.0 Å². The standard InChI is InChI=1S/C28H34N8O/c1-19-10-20(16-32-27(19)35-8-6-34(7-9-35)25(37)12-28(2,3)4)24-11-21(22(13-29)15-31-5)18-36-26(24)23(14-30)17-33-36/h10-11,13,15-18H,6-9,12,29H2,1-5H3. The molecule has 9 nitrogen and oxygen atoms in total. The van der Waals surface area contributed by atoms with Crippen LogP contribution < -0.4 is 10.6 Å². The number of anilines is 1. The van der Waals surface area contributed by atoms with Gasteiger partial charge < -0.3 is 15.5 Å². The van der Waals surface area contributed by atoms with Crippen molar-refractivity contribution in [2.75, 3.05) is 38.1 Å². The molecule has 3 aromatic heterocycles. The van der Waals surface area contributed by atoms with Gasteiger partial charge in [0.15, 0.2) is 0 Å². The van der Waals surface area contributed by atoms with Gasteiger partial charge in [-0.2, -0.15) is 10.4 Å². The van der Waals surface area contributed by atoms with E-state index >= 15 is 0 Å². The van der Waals surface area contributed by atoms with E-state index in [4.69, 9.17) is 10.7 Å². The van der Waals surface area contributed by atoms with Gasteiger partial charge in [0, 0.05) is 86.7 Å². The zero-order valence-electron chi connectivity index (χ0n) is 22.2. The third-order valence-electron chi connectivity index (χ3n) is 6.49. The van der Waals surface area contributed by atoms with Crippen LogP contribution in [0.25, 0.3) is 22.2 Å². The number of piperazine rings is 1. The van der Waals surface area contributed by atoms with Gasteiger partial charge in [-0.3, -0.25) is 9.79 Å². The Hall–Kier alpha value is -4.19. The number of aryl methyl sites for hydroxylation is 1. The highest BCUT2D eigenvalue weighted by atomic mass is 16.2. The average Bonchev–Trinajstić information content (AvgIpc) is 3.29. The molecule has 0 radical (unpaired) electrons. The van der Waals surface area contributed by atoms with E-state index in [1.54, 1.807) is 24.0 Å². The number of aromatic nitrogens is 3. The van der Waals surface area contributed by atoms with Crippen molar-refractivity contribution in [2.45, 2.75) is 34.1 Å². The van der Waals surface area contributed by atoms with Crippen LogP contribution in [0.15, 0.2) is 41.9 Å². The first-order valence-corrected chi connectivity index (χ1v) is 12.4. The number of carbonyl (C=O) groups is 1. The number of nitriles is 1. The minimum Gasteiger partial charge on any atom is -0.404 e. The summed E-state index contributed by atoms with van der Waals surface area (Å²) in [5.41, 5.74) is 11.4. The lowest BCUT2D eigenvalue weighted by molar-refractivity contribution is -0.133. The number of hydrogen-bond acceptors (Lipinski definition) is 7. The second kappa shape index (κ2) is 10.4. The van der Waals surface area contributed by atoms with E-state index in [1.165, 1.54) is 6.20 Å². The number of amides is 1. The summed E-state index contributed by atoms with van der Waals surface area (Å²) in [7, 11) is 1.69. The van der Waals surface area contributed by atoms with E-state index < -0.39 is 0 Å². The molecule has 1 amide bonds. The molecule has 2 N–H and O–H groups in total. The van der Waals surface area contributed by atoms with E-state index in [9.17, 15) is 10.1 Å². The zero-order valence-corrected chi connectivity index (χ0v) is 22.2. The SMILES string of the molecule is CN=CC(=CN)c1cc(-c2cnc(N3CCN(C(=O)CC(C)(C)C)CC3)c(C)c2)c2c(C#N)cnn2c1. The topological polar surface area (TPSA) is 116 Å².